The highest BCUT2D eigenvalue weighted by molar-refractivity contribution is 7.85. The molecule has 6 nitrogen and oxygen atoms in total. The number of carbonyl (C=O) groups is 1. The van der Waals surface area contributed by atoms with E-state index in [9.17, 15) is 22.9 Å². The Hall–Kier alpha value is -1.18. The van der Waals surface area contributed by atoms with Crippen molar-refractivity contribution in [3.05, 3.63) is 24.3 Å². The standard InChI is InChI=1S/C37H71NO5S/c1-3-5-7-9-11-13-15-17-18-19-20-21-23-25-27-29-31-33-37(40)38-35(34-44(41,42)43)36(39)32-30-28-26-24-22-16-14-12-10-8-6-4-2/h22,24,30,32,35-36,39H,3-21,23,25-29,31,33-34H2,1-2H3,(H,38,40)(H,41,42,43)/b24-22+,32-30+. The lowest BCUT2D eigenvalue weighted by Gasteiger charge is -2.21. The van der Waals surface area contributed by atoms with Crippen LogP contribution in [-0.4, -0.2) is 41.9 Å². The van der Waals surface area contributed by atoms with Crippen molar-refractivity contribution in [1.82, 2.24) is 5.32 Å². The van der Waals surface area contributed by atoms with Gasteiger partial charge >= 0.3 is 0 Å². The molecule has 0 radical (unpaired) electrons. The van der Waals surface area contributed by atoms with Gasteiger partial charge in [-0.2, -0.15) is 8.42 Å². The van der Waals surface area contributed by atoms with Gasteiger partial charge in [0.05, 0.1) is 17.9 Å². The predicted octanol–water partition coefficient (Wildman–Crippen LogP) is 10.4. The largest absolute Gasteiger partial charge is 0.387 e. The number of rotatable bonds is 33. The summed E-state index contributed by atoms with van der Waals surface area (Å²) in [6.07, 6.45) is 38.8. The molecule has 260 valence electrons. The topological polar surface area (TPSA) is 104 Å². The summed E-state index contributed by atoms with van der Waals surface area (Å²) in [6, 6.07) is -1.07. The van der Waals surface area contributed by atoms with E-state index >= 15 is 0 Å². The fourth-order valence-electron chi connectivity index (χ4n) is 5.58. The van der Waals surface area contributed by atoms with Gasteiger partial charge < -0.3 is 10.4 Å². The van der Waals surface area contributed by atoms with Gasteiger partial charge in [0, 0.05) is 6.42 Å². The highest BCUT2D eigenvalue weighted by Crippen LogP contribution is 2.15. The summed E-state index contributed by atoms with van der Waals surface area (Å²) in [7, 11) is -4.34. The van der Waals surface area contributed by atoms with E-state index in [1.165, 1.54) is 134 Å². The minimum absolute atomic E-state index is 0.287. The van der Waals surface area contributed by atoms with Crippen molar-refractivity contribution < 1.29 is 22.9 Å². The number of nitrogens with one attached hydrogen (secondary N) is 1. The van der Waals surface area contributed by atoms with Crippen LogP contribution in [0.1, 0.15) is 187 Å². The Kier molecular flexibility index (Phi) is 30.9. The van der Waals surface area contributed by atoms with Crippen LogP contribution in [0, 0.1) is 0 Å². The summed E-state index contributed by atoms with van der Waals surface area (Å²) in [6.45, 7) is 4.49. The lowest BCUT2D eigenvalue weighted by Crippen LogP contribution is -2.46. The maximum atomic E-state index is 12.4. The highest BCUT2D eigenvalue weighted by atomic mass is 32.2. The molecule has 3 N–H and O–H groups in total. The third-order valence-corrected chi connectivity index (χ3v) is 9.16. The second-order valence-electron chi connectivity index (χ2n) is 12.9. The van der Waals surface area contributed by atoms with E-state index in [0.717, 1.165) is 38.5 Å². The van der Waals surface area contributed by atoms with E-state index in [4.69, 9.17) is 0 Å². The first kappa shape index (κ1) is 42.8. The summed E-state index contributed by atoms with van der Waals surface area (Å²) in [5.41, 5.74) is 0. The fourth-order valence-corrected chi connectivity index (χ4v) is 6.32. The molecule has 0 aliphatic rings. The first-order valence-corrected chi connectivity index (χ1v) is 20.1. The van der Waals surface area contributed by atoms with Gasteiger partial charge in [-0.25, -0.2) is 0 Å². The van der Waals surface area contributed by atoms with Crippen molar-refractivity contribution in [2.75, 3.05) is 5.75 Å². The zero-order valence-corrected chi connectivity index (χ0v) is 29.6. The number of unbranched alkanes of at least 4 members (excludes halogenated alkanes) is 23. The van der Waals surface area contributed by atoms with E-state index in [0.29, 0.717) is 6.42 Å². The van der Waals surface area contributed by atoms with E-state index in [-0.39, 0.29) is 5.91 Å². The first-order chi connectivity index (χ1) is 21.3. The van der Waals surface area contributed by atoms with Gasteiger partial charge in [0.1, 0.15) is 0 Å². The van der Waals surface area contributed by atoms with Crippen LogP contribution in [0.3, 0.4) is 0 Å². The van der Waals surface area contributed by atoms with Gasteiger partial charge in [0.2, 0.25) is 5.91 Å². The number of carbonyl (C=O) groups excluding carboxylic acids is 1. The van der Waals surface area contributed by atoms with Crippen molar-refractivity contribution in [3.63, 3.8) is 0 Å². The van der Waals surface area contributed by atoms with Gasteiger partial charge in [-0.15, -0.1) is 0 Å². The molecule has 0 saturated carbocycles. The number of hydrogen-bond donors (Lipinski definition) is 3. The zero-order valence-electron chi connectivity index (χ0n) is 28.8. The van der Waals surface area contributed by atoms with Gasteiger partial charge in [-0.3, -0.25) is 9.35 Å². The van der Waals surface area contributed by atoms with Crippen molar-refractivity contribution in [3.8, 4) is 0 Å². The Balaban J connectivity index is 3.96. The molecule has 0 saturated heterocycles. The second-order valence-corrected chi connectivity index (χ2v) is 14.4. The summed E-state index contributed by atoms with van der Waals surface area (Å²) in [5, 5.41) is 13.1. The minimum atomic E-state index is -4.34. The van der Waals surface area contributed by atoms with Crippen molar-refractivity contribution in [2.24, 2.45) is 0 Å². The lowest BCUT2D eigenvalue weighted by molar-refractivity contribution is -0.122. The van der Waals surface area contributed by atoms with Gasteiger partial charge in [-0.1, -0.05) is 173 Å². The highest BCUT2D eigenvalue weighted by Gasteiger charge is 2.24. The zero-order chi connectivity index (χ0) is 32.6. The number of aliphatic hydroxyl groups is 1. The molecule has 0 rings (SSSR count). The molecule has 0 aromatic heterocycles. The molecule has 2 atom stereocenters. The molecule has 0 aromatic carbocycles. The summed E-state index contributed by atoms with van der Waals surface area (Å²) >= 11 is 0. The fraction of sp³-hybridized carbons (Fsp3) is 0.865. The van der Waals surface area contributed by atoms with E-state index in [1.54, 1.807) is 6.08 Å². The Bertz CT molecular complexity index is 796. The Morgan fingerprint density at radius 1 is 0.591 bits per heavy atom. The van der Waals surface area contributed by atoms with E-state index in [2.05, 4.69) is 31.3 Å². The molecule has 0 aliphatic heterocycles. The normalized spacial score (nSPS) is 13.6. The van der Waals surface area contributed by atoms with Gasteiger partial charge in [0.25, 0.3) is 10.1 Å². The third kappa shape index (κ3) is 32.2. The van der Waals surface area contributed by atoms with Crippen LogP contribution in [-0.2, 0) is 14.9 Å². The van der Waals surface area contributed by atoms with Crippen LogP contribution in [0.5, 0.6) is 0 Å². The Labute approximate surface area is 273 Å². The first-order valence-electron chi connectivity index (χ1n) is 18.5. The average molecular weight is 642 g/mol. The van der Waals surface area contributed by atoms with Crippen LogP contribution >= 0.6 is 0 Å². The van der Waals surface area contributed by atoms with E-state index < -0.39 is 28.0 Å². The lowest BCUT2D eigenvalue weighted by atomic mass is 10.0. The van der Waals surface area contributed by atoms with Gasteiger partial charge in [-0.05, 0) is 32.1 Å². The van der Waals surface area contributed by atoms with E-state index in [1.807, 2.05) is 0 Å². The smallest absolute Gasteiger partial charge is 0.267 e. The quantitative estimate of drug-likeness (QED) is 0.0376. The minimum Gasteiger partial charge on any atom is -0.387 e. The van der Waals surface area contributed by atoms with Crippen molar-refractivity contribution in [2.45, 2.75) is 199 Å². The molecule has 1 amide bonds. The maximum Gasteiger partial charge on any atom is 0.267 e. The van der Waals surface area contributed by atoms with Crippen molar-refractivity contribution in [1.29, 1.82) is 0 Å². The van der Waals surface area contributed by atoms with Crippen LogP contribution < -0.4 is 5.32 Å². The van der Waals surface area contributed by atoms with Crippen molar-refractivity contribution >= 4 is 16.0 Å². The predicted molar refractivity (Wildman–Crippen MR) is 189 cm³/mol. The molecular formula is C37H71NO5S. The molecule has 0 aromatic rings. The monoisotopic (exact) mass is 642 g/mol. The molecule has 2 unspecified atom stereocenters. The van der Waals surface area contributed by atoms with Crippen LogP contribution in [0.25, 0.3) is 0 Å². The van der Waals surface area contributed by atoms with Crippen LogP contribution in [0.2, 0.25) is 0 Å². The van der Waals surface area contributed by atoms with Gasteiger partial charge in [0.15, 0.2) is 0 Å². The summed E-state index contributed by atoms with van der Waals surface area (Å²) in [4.78, 5) is 12.4. The molecule has 0 spiro atoms. The molecular weight excluding hydrogens is 570 g/mol. The Morgan fingerprint density at radius 3 is 1.43 bits per heavy atom. The summed E-state index contributed by atoms with van der Waals surface area (Å²) < 4.78 is 32.3. The second kappa shape index (κ2) is 31.8. The summed E-state index contributed by atoms with van der Waals surface area (Å²) in [5.74, 6) is -0.994. The molecule has 0 fully saturated rings. The number of hydrogen-bond acceptors (Lipinski definition) is 4. The van der Waals surface area contributed by atoms with Crippen LogP contribution in [0.15, 0.2) is 24.3 Å². The number of aliphatic hydroxyl groups excluding tert-OH is 1. The molecule has 0 heterocycles. The Morgan fingerprint density at radius 2 is 0.977 bits per heavy atom. The molecule has 44 heavy (non-hydrogen) atoms. The third-order valence-electron chi connectivity index (χ3n) is 8.38. The maximum absolute atomic E-state index is 12.4. The molecule has 7 heteroatoms. The number of amides is 1. The SMILES string of the molecule is CCCCCCCC/C=C/CC/C=C/C(O)C(CS(=O)(=O)O)NC(=O)CCCCCCCCCCCCCCCCCCC. The molecule has 0 bridgehead atoms. The van der Waals surface area contributed by atoms with Crippen LogP contribution in [0.4, 0.5) is 0 Å². The number of allylic oxidation sites excluding steroid dienone is 3. The molecule has 0 aliphatic carbocycles. The average Bonchev–Trinajstić information content (AvgIpc) is 2.98.